The number of carbonyl (C=O) groups excluding carboxylic acids is 1. The zero-order valence-corrected chi connectivity index (χ0v) is 10.6. The third-order valence-electron chi connectivity index (χ3n) is 2.51. The van der Waals surface area contributed by atoms with Gasteiger partial charge in [-0.3, -0.25) is 9.78 Å². The van der Waals surface area contributed by atoms with E-state index >= 15 is 0 Å². The number of hydrogen-bond donors (Lipinski definition) is 0. The molecule has 0 aliphatic carbocycles. The first-order valence-corrected chi connectivity index (χ1v) is 6.38. The number of alkyl halides is 3. The molecule has 1 aromatic carbocycles. The lowest BCUT2D eigenvalue weighted by Crippen LogP contribution is -2.08. The number of rotatable bonds is 4. The van der Waals surface area contributed by atoms with Crippen LogP contribution < -0.4 is 0 Å². The SMILES string of the molecule is O=C(Cc1cccc(C(F)(F)F)c1)Cc1cncs1. The van der Waals surface area contributed by atoms with Crippen molar-refractivity contribution < 1.29 is 18.0 Å². The highest BCUT2D eigenvalue weighted by Crippen LogP contribution is 2.29. The van der Waals surface area contributed by atoms with E-state index in [4.69, 9.17) is 0 Å². The summed E-state index contributed by atoms with van der Waals surface area (Å²) in [7, 11) is 0. The Hall–Kier alpha value is -1.69. The molecule has 0 fully saturated rings. The van der Waals surface area contributed by atoms with Gasteiger partial charge in [0.05, 0.1) is 11.1 Å². The van der Waals surface area contributed by atoms with Gasteiger partial charge in [-0.15, -0.1) is 11.3 Å². The van der Waals surface area contributed by atoms with E-state index in [1.54, 1.807) is 11.7 Å². The number of thiazole rings is 1. The van der Waals surface area contributed by atoms with E-state index in [1.165, 1.54) is 23.5 Å². The van der Waals surface area contributed by atoms with Gasteiger partial charge in [-0.25, -0.2) is 0 Å². The van der Waals surface area contributed by atoms with Gasteiger partial charge in [0.2, 0.25) is 0 Å². The Kier molecular flexibility index (Phi) is 3.99. The Balaban J connectivity index is 2.05. The quantitative estimate of drug-likeness (QED) is 0.860. The highest BCUT2D eigenvalue weighted by molar-refractivity contribution is 7.09. The molecule has 2 nitrogen and oxygen atoms in total. The van der Waals surface area contributed by atoms with Crippen LogP contribution >= 0.6 is 11.3 Å². The second-order valence-corrected chi connectivity index (χ2v) is 5.03. The van der Waals surface area contributed by atoms with Gasteiger partial charge in [-0.1, -0.05) is 18.2 Å². The molecule has 1 aromatic heterocycles. The van der Waals surface area contributed by atoms with Gasteiger partial charge in [0.1, 0.15) is 5.78 Å². The highest BCUT2D eigenvalue weighted by atomic mass is 32.1. The van der Waals surface area contributed by atoms with Crippen LogP contribution in [0.15, 0.2) is 36.0 Å². The van der Waals surface area contributed by atoms with Crippen molar-refractivity contribution >= 4 is 17.1 Å². The van der Waals surface area contributed by atoms with Crippen LogP contribution in [0, 0.1) is 0 Å². The molecule has 0 bridgehead atoms. The normalized spacial score (nSPS) is 11.5. The molecular weight excluding hydrogens is 275 g/mol. The van der Waals surface area contributed by atoms with Crippen LogP contribution in [-0.4, -0.2) is 10.8 Å². The van der Waals surface area contributed by atoms with Crippen molar-refractivity contribution in [3.8, 4) is 0 Å². The molecule has 0 saturated heterocycles. The van der Waals surface area contributed by atoms with Gasteiger partial charge in [0.15, 0.2) is 0 Å². The van der Waals surface area contributed by atoms with E-state index in [0.29, 0.717) is 5.56 Å². The van der Waals surface area contributed by atoms with Crippen LogP contribution in [-0.2, 0) is 23.8 Å². The maximum absolute atomic E-state index is 12.5. The Morgan fingerprint density at radius 1 is 1.26 bits per heavy atom. The maximum Gasteiger partial charge on any atom is 0.416 e. The van der Waals surface area contributed by atoms with Crippen molar-refractivity contribution in [2.75, 3.05) is 0 Å². The molecule has 2 aromatic rings. The number of benzene rings is 1. The number of halogens is 3. The number of nitrogens with zero attached hydrogens (tertiary/aromatic N) is 1. The minimum atomic E-state index is -4.38. The zero-order valence-electron chi connectivity index (χ0n) is 9.78. The summed E-state index contributed by atoms with van der Waals surface area (Å²) >= 11 is 1.36. The van der Waals surface area contributed by atoms with Crippen molar-refractivity contribution in [1.82, 2.24) is 4.98 Å². The van der Waals surface area contributed by atoms with Gasteiger partial charge in [0.25, 0.3) is 0 Å². The third-order valence-corrected chi connectivity index (χ3v) is 3.29. The fourth-order valence-corrected chi connectivity index (χ4v) is 2.29. The molecule has 100 valence electrons. The number of aromatic nitrogens is 1. The average Bonchev–Trinajstić information content (AvgIpc) is 2.80. The van der Waals surface area contributed by atoms with Crippen LogP contribution in [0.1, 0.15) is 16.0 Å². The molecule has 0 atom stereocenters. The summed E-state index contributed by atoms with van der Waals surface area (Å²) in [6, 6.07) is 4.86. The summed E-state index contributed by atoms with van der Waals surface area (Å²) in [6.45, 7) is 0. The second kappa shape index (κ2) is 5.52. The van der Waals surface area contributed by atoms with Crippen LogP contribution in [0.5, 0.6) is 0 Å². The summed E-state index contributed by atoms with van der Waals surface area (Å²) in [5.41, 5.74) is 1.27. The minimum absolute atomic E-state index is 0.00181. The molecule has 0 N–H and O–H groups in total. The van der Waals surface area contributed by atoms with E-state index in [2.05, 4.69) is 4.98 Å². The summed E-state index contributed by atoms with van der Waals surface area (Å²) in [6.07, 6.45) is -2.58. The first kappa shape index (κ1) is 13.7. The zero-order chi connectivity index (χ0) is 13.9. The van der Waals surface area contributed by atoms with Gasteiger partial charge < -0.3 is 0 Å². The molecule has 0 saturated carbocycles. The predicted octanol–water partition coefficient (Wildman–Crippen LogP) is 3.52. The topological polar surface area (TPSA) is 30.0 Å². The van der Waals surface area contributed by atoms with E-state index in [-0.39, 0.29) is 18.6 Å². The van der Waals surface area contributed by atoms with Crippen LogP contribution in [0.25, 0.3) is 0 Å². The largest absolute Gasteiger partial charge is 0.416 e. The second-order valence-electron chi connectivity index (χ2n) is 4.06. The van der Waals surface area contributed by atoms with E-state index in [9.17, 15) is 18.0 Å². The van der Waals surface area contributed by atoms with Gasteiger partial charge in [-0.05, 0) is 11.6 Å². The molecule has 0 aliphatic rings. The fourth-order valence-electron chi connectivity index (χ4n) is 1.67. The standard InChI is InChI=1S/C13H10F3NOS/c14-13(15,16)10-3-1-2-9(4-10)5-11(18)6-12-7-17-8-19-12/h1-4,7-8H,5-6H2. The van der Waals surface area contributed by atoms with Crippen LogP contribution in [0.3, 0.4) is 0 Å². The lowest BCUT2D eigenvalue weighted by Gasteiger charge is -2.08. The van der Waals surface area contributed by atoms with Crippen molar-refractivity contribution in [2.24, 2.45) is 0 Å². The van der Waals surface area contributed by atoms with E-state index < -0.39 is 11.7 Å². The molecule has 19 heavy (non-hydrogen) atoms. The van der Waals surface area contributed by atoms with Gasteiger partial charge in [0, 0.05) is 23.9 Å². The number of hydrogen-bond acceptors (Lipinski definition) is 3. The molecule has 0 radical (unpaired) electrons. The summed E-state index contributed by atoms with van der Waals surface area (Å²) < 4.78 is 37.6. The molecule has 0 spiro atoms. The molecule has 0 unspecified atom stereocenters. The Labute approximate surface area is 111 Å². The van der Waals surface area contributed by atoms with Crippen LogP contribution in [0.4, 0.5) is 13.2 Å². The molecule has 0 amide bonds. The average molecular weight is 285 g/mol. The molecular formula is C13H10F3NOS. The first-order valence-electron chi connectivity index (χ1n) is 5.50. The first-order chi connectivity index (χ1) is 8.95. The Morgan fingerprint density at radius 3 is 2.68 bits per heavy atom. The molecule has 6 heteroatoms. The maximum atomic E-state index is 12.5. The Morgan fingerprint density at radius 2 is 2.05 bits per heavy atom. The van der Waals surface area contributed by atoms with Gasteiger partial charge >= 0.3 is 6.18 Å². The summed E-state index contributed by atoms with van der Waals surface area (Å²) in [5.74, 6) is -0.122. The van der Waals surface area contributed by atoms with E-state index in [0.717, 1.165) is 17.0 Å². The third kappa shape index (κ3) is 3.89. The lowest BCUT2D eigenvalue weighted by atomic mass is 10.0. The van der Waals surface area contributed by atoms with Crippen LogP contribution in [0.2, 0.25) is 0 Å². The minimum Gasteiger partial charge on any atom is -0.299 e. The monoisotopic (exact) mass is 285 g/mol. The highest BCUT2D eigenvalue weighted by Gasteiger charge is 2.30. The van der Waals surface area contributed by atoms with Crippen molar-refractivity contribution in [2.45, 2.75) is 19.0 Å². The predicted molar refractivity (Wildman–Crippen MR) is 66.0 cm³/mol. The van der Waals surface area contributed by atoms with Crippen molar-refractivity contribution in [3.05, 3.63) is 52.0 Å². The fraction of sp³-hybridized carbons (Fsp3) is 0.231. The smallest absolute Gasteiger partial charge is 0.299 e. The molecule has 1 heterocycles. The molecule has 0 aliphatic heterocycles. The van der Waals surface area contributed by atoms with E-state index in [1.807, 2.05) is 0 Å². The van der Waals surface area contributed by atoms with Crippen molar-refractivity contribution in [1.29, 1.82) is 0 Å². The lowest BCUT2D eigenvalue weighted by molar-refractivity contribution is -0.137. The molecule has 2 rings (SSSR count). The number of Topliss-reactive ketones (excluding diaryl/α,β-unsaturated/α-hetero) is 1. The van der Waals surface area contributed by atoms with Crippen molar-refractivity contribution in [3.63, 3.8) is 0 Å². The Bertz CT molecular complexity index is 564. The summed E-state index contributed by atoms with van der Waals surface area (Å²) in [4.78, 5) is 16.4. The number of carbonyl (C=O) groups is 1. The van der Waals surface area contributed by atoms with Gasteiger partial charge in [-0.2, -0.15) is 13.2 Å². The summed E-state index contributed by atoms with van der Waals surface area (Å²) in [5, 5.41) is 0. The number of ketones is 1.